The van der Waals surface area contributed by atoms with Gasteiger partial charge in [-0.05, 0) is 32.6 Å². The van der Waals surface area contributed by atoms with Crippen LogP contribution in [0.5, 0.6) is 0 Å². The number of carbonyl (C=O) groups is 1. The van der Waals surface area contributed by atoms with Crippen LogP contribution in [0.4, 0.5) is 0 Å². The van der Waals surface area contributed by atoms with Gasteiger partial charge in [0.05, 0.1) is 17.6 Å². The molecule has 2 N–H and O–H groups in total. The summed E-state index contributed by atoms with van der Waals surface area (Å²) in [6.07, 6.45) is 2.16. The Hall–Kier alpha value is -0.610. The predicted octanol–water partition coefficient (Wildman–Crippen LogP) is 0.997. The zero-order valence-electron chi connectivity index (χ0n) is 11.1. The van der Waals surface area contributed by atoms with E-state index in [0.29, 0.717) is 25.6 Å². The monoisotopic (exact) mass is 240 g/mol. The average molecular weight is 240 g/mol. The van der Waals surface area contributed by atoms with Crippen molar-refractivity contribution in [2.24, 2.45) is 17.1 Å². The average Bonchev–Trinajstić information content (AvgIpc) is 2.22. The van der Waals surface area contributed by atoms with E-state index in [1.165, 1.54) is 0 Å². The van der Waals surface area contributed by atoms with Crippen LogP contribution in [0.2, 0.25) is 0 Å². The summed E-state index contributed by atoms with van der Waals surface area (Å²) in [5.74, 6) is 0.887. The lowest BCUT2D eigenvalue weighted by Gasteiger charge is -2.48. The molecular weight excluding hydrogens is 216 g/mol. The van der Waals surface area contributed by atoms with Crippen molar-refractivity contribution in [2.75, 3.05) is 19.6 Å². The molecule has 2 rings (SSSR count). The number of nitrogens with two attached hydrogens (primary N) is 1. The van der Waals surface area contributed by atoms with Gasteiger partial charge in [-0.25, -0.2) is 0 Å². The van der Waals surface area contributed by atoms with Gasteiger partial charge in [-0.3, -0.25) is 4.79 Å². The van der Waals surface area contributed by atoms with Crippen molar-refractivity contribution in [1.29, 1.82) is 0 Å². The van der Waals surface area contributed by atoms with Crippen molar-refractivity contribution >= 4 is 5.91 Å². The molecule has 1 saturated carbocycles. The minimum absolute atomic E-state index is 0.134. The summed E-state index contributed by atoms with van der Waals surface area (Å²) in [6.45, 7) is 8.13. The van der Waals surface area contributed by atoms with Crippen molar-refractivity contribution in [3.8, 4) is 0 Å². The van der Waals surface area contributed by atoms with E-state index >= 15 is 0 Å². The number of carbonyl (C=O) groups excluding carboxylic acids is 1. The van der Waals surface area contributed by atoms with Crippen LogP contribution in [0.3, 0.4) is 0 Å². The standard InChI is InChI=1S/C13H24N2O2/c1-9-4-13(5-9,8-14)12(16)15-6-10(2)17-11(3)7-15/h9-11H,4-8,14H2,1-3H3. The molecule has 0 bridgehead atoms. The van der Waals surface area contributed by atoms with Crippen LogP contribution < -0.4 is 5.73 Å². The fourth-order valence-electron chi connectivity index (χ4n) is 3.38. The summed E-state index contributed by atoms with van der Waals surface area (Å²) in [4.78, 5) is 14.5. The van der Waals surface area contributed by atoms with Gasteiger partial charge in [-0.1, -0.05) is 6.92 Å². The van der Waals surface area contributed by atoms with E-state index in [1.54, 1.807) is 0 Å². The topological polar surface area (TPSA) is 55.6 Å². The molecule has 2 unspecified atom stereocenters. The second kappa shape index (κ2) is 4.58. The van der Waals surface area contributed by atoms with E-state index in [-0.39, 0.29) is 23.5 Å². The largest absolute Gasteiger partial charge is 0.372 e. The van der Waals surface area contributed by atoms with E-state index in [0.717, 1.165) is 12.8 Å². The maximum absolute atomic E-state index is 12.6. The van der Waals surface area contributed by atoms with Crippen LogP contribution in [-0.2, 0) is 9.53 Å². The third kappa shape index (κ3) is 2.33. The van der Waals surface area contributed by atoms with Gasteiger partial charge in [-0.2, -0.15) is 0 Å². The van der Waals surface area contributed by atoms with E-state index in [2.05, 4.69) is 6.92 Å². The van der Waals surface area contributed by atoms with Crippen LogP contribution in [0.1, 0.15) is 33.6 Å². The van der Waals surface area contributed by atoms with E-state index in [9.17, 15) is 4.79 Å². The highest BCUT2D eigenvalue weighted by molar-refractivity contribution is 5.84. The number of nitrogens with zero attached hydrogens (tertiary/aromatic N) is 1. The molecule has 0 radical (unpaired) electrons. The van der Waals surface area contributed by atoms with Crippen molar-refractivity contribution < 1.29 is 9.53 Å². The Morgan fingerprint density at radius 1 is 1.29 bits per heavy atom. The first-order valence-corrected chi connectivity index (χ1v) is 6.62. The molecule has 0 aromatic carbocycles. The van der Waals surface area contributed by atoms with Gasteiger partial charge >= 0.3 is 0 Å². The minimum Gasteiger partial charge on any atom is -0.372 e. The summed E-state index contributed by atoms with van der Waals surface area (Å²) in [5, 5.41) is 0. The van der Waals surface area contributed by atoms with Crippen molar-refractivity contribution in [3.63, 3.8) is 0 Å². The molecule has 1 amide bonds. The van der Waals surface area contributed by atoms with Crippen LogP contribution in [-0.4, -0.2) is 42.6 Å². The summed E-state index contributed by atoms with van der Waals surface area (Å²) < 4.78 is 5.66. The second-order valence-corrected chi connectivity index (χ2v) is 5.97. The summed E-state index contributed by atoms with van der Waals surface area (Å²) in [7, 11) is 0. The van der Waals surface area contributed by atoms with Gasteiger partial charge in [0.1, 0.15) is 0 Å². The molecular formula is C13H24N2O2. The Morgan fingerprint density at radius 3 is 2.24 bits per heavy atom. The highest BCUT2D eigenvalue weighted by Gasteiger charge is 2.49. The third-order valence-corrected chi connectivity index (χ3v) is 4.03. The second-order valence-electron chi connectivity index (χ2n) is 5.97. The highest BCUT2D eigenvalue weighted by Crippen LogP contribution is 2.46. The zero-order chi connectivity index (χ0) is 12.6. The molecule has 0 spiro atoms. The summed E-state index contributed by atoms with van der Waals surface area (Å²) >= 11 is 0. The predicted molar refractivity (Wildman–Crippen MR) is 66.5 cm³/mol. The number of morpholine rings is 1. The molecule has 2 atom stereocenters. The molecule has 1 heterocycles. The molecule has 17 heavy (non-hydrogen) atoms. The molecule has 4 heteroatoms. The Labute approximate surface area is 103 Å². The van der Waals surface area contributed by atoms with Crippen molar-refractivity contribution in [3.05, 3.63) is 0 Å². The molecule has 1 aliphatic heterocycles. The van der Waals surface area contributed by atoms with Crippen LogP contribution in [0, 0.1) is 11.3 Å². The number of amides is 1. The molecule has 2 aliphatic rings. The lowest BCUT2D eigenvalue weighted by Crippen LogP contribution is -2.58. The van der Waals surface area contributed by atoms with Crippen LogP contribution >= 0.6 is 0 Å². The lowest BCUT2D eigenvalue weighted by molar-refractivity contribution is -0.160. The zero-order valence-corrected chi connectivity index (χ0v) is 11.1. The SMILES string of the molecule is CC1CC(CN)(C(=O)N2CC(C)OC(C)C2)C1. The molecule has 1 saturated heterocycles. The van der Waals surface area contributed by atoms with E-state index < -0.39 is 0 Å². The molecule has 0 aromatic heterocycles. The van der Waals surface area contributed by atoms with Crippen molar-refractivity contribution in [1.82, 2.24) is 4.90 Å². The highest BCUT2D eigenvalue weighted by atomic mass is 16.5. The first-order valence-electron chi connectivity index (χ1n) is 6.62. The molecule has 2 fully saturated rings. The third-order valence-electron chi connectivity index (χ3n) is 4.03. The van der Waals surface area contributed by atoms with Gasteiger partial charge in [0.15, 0.2) is 0 Å². The summed E-state index contributed by atoms with van der Waals surface area (Å²) in [6, 6.07) is 0. The lowest BCUT2D eigenvalue weighted by atomic mass is 9.61. The Morgan fingerprint density at radius 2 is 1.82 bits per heavy atom. The Balaban J connectivity index is 2.04. The van der Waals surface area contributed by atoms with Crippen LogP contribution in [0.15, 0.2) is 0 Å². The van der Waals surface area contributed by atoms with Gasteiger partial charge in [0.25, 0.3) is 0 Å². The van der Waals surface area contributed by atoms with Gasteiger partial charge in [0, 0.05) is 19.6 Å². The normalized spacial score (nSPS) is 42.1. The molecule has 0 aromatic rings. The van der Waals surface area contributed by atoms with E-state index in [1.807, 2.05) is 18.7 Å². The molecule has 98 valence electrons. The number of rotatable bonds is 2. The van der Waals surface area contributed by atoms with E-state index in [4.69, 9.17) is 10.5 Å². The Kier molecular flexibility index (Phi) is 3.46. The maximum atomic E-state index is 12.6. The van der Waals surface area contributed by atoms with Crippen molar-refractivity contribution in [2.45, 2.75) is 45.8 Å². The smallest absolute Gasteiger partial charge is 0.230 e. The first kappa shape index (κ1) is 12.8. The fraction of sp³-hybridized carbons (Fsp3) is 0.923. The number of ether oxygens (including phenoxy) is 1. The maximum Gasteiger partial charge on any atom is 0.230 e. The van der Waals surface area contributed by atoms with Gasteiger partial charge < -0.3 is 15.4 Å². The van der Waals surface area contributed by atoms with Crippen LogP contribution in [0.25, 0.3) is 0 Å². The number of hydrogen-bond acceptors (Lipinski definition) is 3. The number of hydrogen-bond donors (Lipinski definition) is 1. The minimum atomic E-state index is -0.268. The Bertz CT molecular complexity index is 290. The quantitative estimate of drug-likeness (QED) is 0.783. The van der Waals surface area contributed by atoms with Gasteiger partial charge in [-0.15, -0.1) is 0 Å². The van der Waals surface area contributed by atoms with Gasteiger partial charge in [0.2, 0.25) is 5.91 Å². The molecule has 1 aliphatic carbocycles. The summed E-state index contributed by atoms with van der Waals surface area (Å²) in [5.41, 5.74) is 5.56. The fourth-order valence-corrected chi connectivity index (χ4v) is 3.38. The first-order chi connectivity index (χ1) is 7.97. The molecule has 4 nitrogen and oxygen atoms in total.